The summed E-state index contributed by atoms with van der Waals surface area (Å²) in [6.07, 6.45) is 0. The van der Waals surface area contributed by atoms with Crippen LogP contribution in [0.3, 0.4) is 0 Å². The van der Waals surface area contributed by atoms with Gasteiger partial charge in [-0.15, -0.1) is 0 Å². The fourth-order valence-corrected chi connectivity index (χ4v) is 1.77. The van der Waals surface area contributed by atoms with Crippen molar-refractivity contribution in [3.05, 3.63) is 29.6 Å². The minimum Gasteiger partial charge on any atom is -0.496 e. The topological polar surface area (TPSA) is 49.8 Å². The monoisotopic (exact) mass is 255 g/mol. The van der Waals surface area contributed by atoms with Crippen LogP contribution < -0.4 is 4.74 Å². The summed E-state index contributed by atoms with van der Waals surface area (Å²) in [7, 11) is 3.32. The van der Waals surface area contributed by atoms with E-state index in [1.165, 1.54) is 19.2 Å². The molecule has 1 atom stereocenters. The molecule has 1 N–H and O–H groups in total. The van der Waals surface area contributed by atoms with E-state index >= 15 is 0 Å². The van der Waals surface area contributed by atoms with Gasteiger partial charge in [0.15, 0.2) is 0 Å². The summed E-state index contributed by atoms with van der Waals surface area (Å²) in [5.74, 6) is -1.03. The fourth-order valence-electron chi connectivity index (χ4n) is 1.77. The van der Waals surface area contributed by atoms with E-state index in [0.717, 1.165) is 0 Å². The second-order valence-electron chi connectivity index (χ2n) is 4.39. The first-order valence-electron chi connectivity index (χ1n) is 5.67. The van der Waals surface area contributed by atoms with Crippen LogP contribution in [0, 0.1) is 11.7 Å². The van der Waals surface area contributed by atoms with Crippen LogP contribution in [0.4, 0.5) is 4.39 Å². The maximum atomic E-state index is 13.2. The number of halogens is 1. The molecule has 1 rings (SSSR count). The molecule has 0 aliphatic rings. The quantitative estimate of drug-likeness (QED) is 0.844. The minimum atomic E-state index is -0.840. The third kappa shape index (κ3) is 4.00. The Morgan fingerprint density at radius 3 is 2.78 bits per heavy atom. The lowest BCUT2D eigenvalue weighted by Gasteiger charge is -2.20. The van der Waals surface area contributed by atoms with Crippen LogP contribution in [0.1, 0.15) is 12.5 Å². The maximum absolute atomic E-state index is 13.2. The molecule has 18 heavy (non-hydrogen) atoms. The lowest BCUT2D eigenvalue weighted by molar-refractivity contribution is -0.141. The van der Waals surface area contributed by atoms with Gasteiger partial charge in [-0.25, -0.2) is 4.39 Å². The molecule has 0 aliphatic heterocycles. The van der Waals surface area contributed by atoms with Crippen molar-refractivity contribution in [2.45, 2.75) is 13.5 Å². The highest BCUT2D eigenvalue weighted by Gasteiger charge is 2.15. The summed E-state index contributed by atoms with van der Waals surface area (Å²) in [6.45, 7) is 2.48. The highest BCUT2D eigenvalue weighted by atomic mass is 19.1. The van der Waals surface area contributed by atoms with Crippen LogP contribution in [-0.4, -0.2) is 36.7 Å². The fraction of sp³-hybridized carbons (Fsp3) is 0.462. The number of hydrogen-bond acceptors (Lipinski definition) is 3. The molecule has 0 bridgehead atoms. The summed E-state index contributed by atoms with van der Waals surface area (Å²) in [5, 5.41) is 8.83. The molecule has 0 spiro atoms. The van der Waals surface area contributed by atoms with Gasteiger partial charge >= 0.3 is 5.97 Å². The lowest BCUT2D eigenvalue weighted by atomic mass is 10.1. The lowest BCUT2D eigenvalue weighted by Crippen LogP contribution is -2.28. The zero-order valence-electron chi connectivity index (χ0n) is 10.8. The molecule has 1 aromatic carbocycles. The van der Waals surface area contributed by atoms with Crippen LogP contribution in [0.25, 0.3) is 0 Å². The number of benzene rings is 1. The largest absolute Gasteiger partial charge is 0.496 e. The molecule has 0 radical (unpaired) electrons. The molecule has 0 heterocycles. The van der Waals surface area contributed by atoms with Gasteiger partial charge in [0, 0.05) is 18.7 Å². The summed E-state index contributed by atoms with van der Waals surface area (Å²) >= 11 is 0. The van der Waals surface area contributed by atoms with Crippen molar-refractivity contribution in [3.8, 4) is 5.75 Å². The van der Waals surface area contributed by atoms with Crippen LogP contribution >= 0.6 is 0 Å². The predicted octanol–water partition coefficient (Wildman–Crippen LogP) is 1.99. The van der Waals surface area contributed by atoms with Crippen LogP contribution in [0.2, 0.25) is 0 Å². The zero-order valence-corrected chi connectivity index (χ0v) is 10.8. The molecule has 1 aromatic rings. The summed E-state index contributed by atoms with van der Waals surface area (Å²) < 4.78 is 18.3. The third-order valence-electron chi connectivity index (χ3n) is 2.69. The average Bonchev–Trinajstić information content (AvgIpc) is 2.28. The number of methoxy groups -OCH3 is 1. The molecule has 0 saturated carbocycles. The van der Waals surface area contributed by atoms with Gasteiger partial charge in [0.05, 0.1) is 13.0 Å². The number of nitrogens with zero attached hydrogens (tertiary/aromatic N) is 1. The van der Waals surface area contributed by atoms with Gasteiger partial charge in [0.25, 0.3) is 0 Å². The van der Waals surface area contributed by atoms with Crippen molar-refractivity contribution < 1.29 is 19.0 Å². The van der Waals surface area contributed by atoms with E-state index in [9.17, 15) is 9.18 Å². The molecule has 0 aromatic heterocycles. The van der Waals surface area contributed by atoms with E-state index in [0.29, 0.717) is 24.4 Å². The van der Waals surface area contributed by atoms with Crippen molar-refractivity contribution in [2.24, 2.45) is 5.92 Å². The Hall–Kier alpha value is -1.62. The Kier molecular flexibility index (Phi) is 5.09. The normalized spacial score (nSPS) is 12.5. The van der Waals surface area contributed by atoms with E-state index < -0.39 is 11.9 Å². The number of hydrogen-bond donors (Lipinski definition) is 1. The number of ether oxygens (including phenoxy) is 1. The Bertz CT molecular complexity index is 423. The van der Waals surface area contributed by atoms with Crippen molar-refractivity contribution in [3.63, 3.8) is 0 Å². The summed E-state index contributed by atoms with van der Waals surface area (Å²) in [5.41, 5.74) is 0.706. The molecule has 1 unspecified atom stereocenters. The average molecular weight is 255 g/mol. The van der Waals surface area contributed by atoms with Crippen molar-refractivity contribution in [2.75, 3.05) is 20.7 Å². The molecular weight excluding hydrogens is 237 g/mol. The standard InChI is InChI=1S/C13H18FNO3/c1-9(13(16)17)7-15(2)8-10-6-11(14)4-5-12(10)18-3/h4-6,9H,7-8H2,1-3H3,(H,16,17). The Labute approximate surface area is 106 Å². The number of aliphatic carboxylic acids is 1. The summed E-state index contributed by atoms with van der Waals surface area (Å²) in [6, 6.07) is 4.31. The van der Waals surface area contributed by atoms with Crippen LogP contribution in [0.15, 0.2) is 18.2 Å². The summed E-state index contributed by atoms with van der Waals surface area (Å²) in [4.78, 5) is 12.6. The molecule has 0 saturated heterocycles. The van der Waals surface area contributed by atoms with Gasteiger partial charge in [0.1, 0.15) is 11.6 Å². The zero-order chi connectivity index (χ0) is 13.7. The molecule has 0 aliphatic carbocycles. The minimum absolute atomic E-state index is 0.328. The number of carbonyl (C=O) groups is 1. The first-order chi connectivity index (χ1) is 8.43. The Morgan fingerprint density at radius 1 is 1.56 bits per heavy atom. The Morgan fingerprint density at radius 2 is 2.22 bits per heavy atom. The van der Waals surface area contributed by atoms with Gasteiger partial charge in [-0.05, 0) is 25.2 Å². The van der Waals surface area contributed by atoms with E-state index in [1.807, 2.05) is 4.90 Å². The first-order valence-corrected chi connectivity index (χ1v) is 5.67. The van der Waals surface area contributed by atoms with Crippen molar-refractivity contribution in [1.82, 2.24) is 4.90 Å². The maximum Gasteiger partial charge on any atom is 0.307 e. The van der Waals surface area contributed by atoms with E-state index in [2.05, 4.69) is 0 Å². The molecule has 0 amide bonds. The van der Waals surface area contributed by atoms with Gasteiger partial charge in [-0.3, -0.25) is 4.79 Å². The van der Waals surface area contributed by atoms with E-state index in [1.54, 1.807) is 20.0 Å². The van der Waals surface area contributed by atoms with Gasteiger partial charge in [-0.2, -0.15) is 0 Å². The first kappa shape index (κ1) is 14.4. The van der Waals surface area contributed by atoms with Crippen molar-refractivity contribution in [1.29, 1.82) is 0 Å². The van der Waals surface area contributed by atoms with Crippen LogP contribution in [0.5, 0.6) is 5.75 Å². The third-order valence-corrected chi connectivity index (χ3v) is 2.69. The number of carboxylic acids is 1. The van der Waals surface area contributed by atoms with Crippen molar-refractivity contribution >= 4 is 5.97 Å². The predicted molar refractivity (Wildman–Crippen MR) is 66.1 cm³/mol. The smallest absolute Gasteiger partial charge is 0.307 e. The highest BCUT2D eigenvalue weighted by molar-refractivity contribution is 5.69. The van der Waals surface area contributed by atoms with E-state index in [-0.39, 0.29) is 5.82 Å². The number of rotatable bonds is 6. The van der Waals surface area contributed by atoms with Gasteiger partial charge < -0.3 is 14.7 Å². The second kappa shape index (κ2) is 6.35. The van der Waals surface area contributed by atoms with Gasteiger partial charge in [0.2, 0.25) is 0 Å². The molecule has 100 valence electrons. The van der Waals surface area contributed by atoms with Gasteiger partial charge in [-0.1, -0.05) is 6.92 Å². The highest BCUT2D eigenvalue weighted by Crippen LogP contribution is 2.20. The molecular formula is C13H18FNO3. The number of carboxylic acid groups (broad SMARTS) is 1. The molecule has 0 fully saturated rings. The van der Waals surface area contributed by atoms with E-state index in [4.69, 9.17) is 9.84 Å². The van der Waals surface area contributed by atoms with Crippen LogP contribution in [-0.2, 0) is 11.3 Å². The second-order valence-corrected chi connectivity index (χ2v) is 4.39. The molecule has 4 nitrogen and oxygen atoms in total. The Balaban J connectivity index is 2.71. The molecule has 5 heteroatoms. The SMILES string of the molecule is COc1ccc(F)cc1CN(C)CC(C)C(=O)O.